The lowest BCUT2D eigenvalue weighted by Crippen LogP contribution is -2.43. The maximum atomic E-state index is 14.1. The fourth-order valence-corrected chi connectivity index (χ4v) is 4.35. The van der Waals surface area contributed by atoms with Crippen molar-refractivity contribution in [3.05, 3.63) is 130 Å². The van der Waals surface area contributed by atoms with Crippen LogP contribution < -0.4 is 9.80 Å². The van der Waals surface area contributed by atoms with E-state index in [9.17, 15) is 4.79 Å². The summed E-state index contributed by atoms with van der Waals surface area (Å²) < 4.78 is 0.898. The molecule has 0 heterocycles. The highest BCUT2D eigenvalue weighted by atomic mass is 79.9. The summed E-state index contributed by atoms with van der Waals surface area (Å²) in [5, 5.41) is 0. The van der Waals surface area contributed by atoms with Crippen molar-refractivity contribution in [3.8, 4) is 0 Å². The van der Waals surface area contributed by atoms with Gasteiger partial charge in [-0.25, -0.2) is 4.79 Å². The van der Waals surface area contributed by atoms with Crippen LogP contribution in [0.15, 0.2) is 114 Å². The molecule has 0 aliphatic rings. The molecule has 4 aromatic rings. The van der Waals surface area contributed by atoms with Crippen molar-refractivity contribution in [1.29, 1.82) is 0 Å². The van der Waals surface area contributed by atoms with Crippen LogP contribution >= 0.6 is 15.9 Å². The molecule has 0 aliphatic carbocycles. The average molecular weight is 485 g/mol. The van der Waals surface area contributed by atoms with Crippen LogP contribution in [0.2, 0.25) is 0 Å². The fraction of sp³-hybridized carbons (Fsp3) is 0.107. The van der Waals surface area contributed by atoms with E-state index in [1.54, 1.807) is 0 Å². The Bertz CT molecular complexity index is 1160. The van der Waals surface area contributed by atoms with Crippen molar-refractivity contribution in [2.45, 2.75) is 20.0 Å². The minimum absolute atomic E-state index is 0.0755. The van der Waals surface area contributed by atoms with Gasteiger partial charge in [0, 0.05) is 10.2 Å². The molecule has 0 aromatic heterocycles. The third kappa shape index (κ3) is 5.27. The van der Waals surface area contributed by atoms with Gasteiger partial charge >= 0.3 is 6.03 Å². The van der Waals surface area contributed by atoms with E-state index < -0.39 is 0 Å². The van der Waals surface area contributed by atoms with E-state index >= 15 is 0 Å². The molecule has 3 nitrogen and oxygen atoms in total. The number of benzene rings is 4. The highest BCUT2D eigenvalue weighted by Crippen LogP contribution is 2.31. The lowest BCUT2D eigenvalue weighted by atomic mass is 10.1. The zero-order valence-electron chi connectivity index (χ0n) is 18.0. The summed E-state index contributed by atoms with van der Waals surface area (Å²) in [6.45, 7) is 3.00. The maximum absolute atomic E-state index is 14.1. The van der Waals surface area contributed by atoms with Crippen LogP contribution in [-0.4, -0.2) is 6.03 Å². The Balaban J connectivity index is 1.76. The SMILES string of the molecule is Cc1ccc(N(Cc2ccccc2)C(=O)N(Cc2ccccc2)c2ccccc2)c(Br)c1. The first-order valence-electron chi connectivity index (χ1n) is 10.6. The van der Waals surface area contributed by atoms with E-state index in [1.807, 2.05) is 126 Å². The topological polar surface area (TPSA) is 23.6 Å². The molecule has 4 heteroatoms. The molecule has 0 aliphatic heterocycles. The largest absolute Gasteiger partial charge is 0.329 e. The highest BCUT2D eigenvalue weighted by Gasteiger charge is 2.26. The summed E-state index contributed by atoms with van der Waals surface area (Å²) in [5.74, 6) is 0. The van der Waals surface area contributed by atoms with E-state index in [0.29, 0.717) is 13.1 Å². The number of hydrogen-bond donors (Lipinski definition) is 0. The highest BCUT2D eigenvalue weighted by molar-refractivity contribution is 9.10. The first-order chi connectivity index (χ1) is 15.6. The van der Waals surface area contributed by atoms with Gasteiger partial charge in [0.1, 0.15) is 0 Å². The molecule has 4 rings (SSSR count). The van der Waals surface area contributed by atoms with Gasteiger partial charge in [-0.2, -0.15) is 0 Å². The van der Waals surface area contributed by atoms with Gasteiger partial charge in [0.15, 0.2) is 0 Å². The summed E-state index contributed by atoms with van der Waals surface area (Å²) >= 11 is 3.69. The lowest BCUT2D eigenvalue weighted by Gasteiger charge is -2.32. The van der Waals surface area contributed by atoms with Crippen molar-refractivity contribution in [3.63, 3.8) is 0 Å². The molecule has 0 radical (unpaired) electrons. The number of urea groups is 1. The summed E-state index contributed by atoms with van der Waals surface area (Å²) in [4.78, 5) is 17.8. The maximum Gasteiger partial charge on any atom is 0.329 e. The third-order valence-corrected chi connectivity index (χ3v) is 5.93. The average Bonchev–Trinajstić information content (AvgIpc) is 2.83. The summed E-state index contributed by atoms with van der Waals surface area (Å²) in [5.41, 5.74) is 4.99. The molecule has 0 N–H and O–H groups in total. The second-order valence-electron chi connectivity index (χ2n) is 7.72. The minimum Gasteiger partial charge on any atom is -0.290 e. The van der Waals surface area contributed by atoms with Gasteiger partial charge in [-0.15, -0.1) is 0 Å². The predicted molar refractivity (Wildman–Crippen MR) is 136 cm³/mol. The molecular formula is C28H25BrN2O. The van der Waals surface area contributed by atoms with Crippen molar-refractivity contribution in [2.24, 2.45) is 0 Å². The summed E-state index contributed by atoms with van der Waals surface area (Å²) in [6.07, 6.45) is 0. The second kappa shape index (κ2) is 10.3. The van der Waals surface area contributed by atoms with Gasteiger partial charge < -0.3 is 0 Å². The van der Waals surface area contributed by atoms with Gasteiger partial charge in [0.2, 0.25) is 0 Å². The molecule has 0 bridgehead atoms. The van der Waals surface area contributed by atoms with Crippen molar-refractivity contribution < 1.29 is 4.79 Å². The third-order valence-electron chi connectivity index (χ3n) is 5.29. The smallest absolute Gasteiger partial charge is 0.290 e. The van der Waals surface area contributed by atoms with Crippen LogP contribution in [0.1, 0.15) is 16.7 Å². The number of para-hydroxylation sites is 1. The van der Waals surface area contributed by atoms with Crippen LogP contribution in [0.3, 0.4) is 0 Å². The number of anilines is 2. The summed E-state index contributed by atoms with van der Waals surface area (Å²) in [7, 11) is 0. The number of aryl methyl sites for hydroxylation is 1. The Morgan fingerprint density at radius 1 is 0.688 bits per heavy atom. The van der Waals surface area contributed by atoms with Crippen LogP contribution in [0.25, 0.3) is 0 Å². The second-order valence-corrected chi connectivity index (χ2v) is 8.57. The number of nitrogens with zero attached hydrogens (tertiary/aromatic N) is 2. The molecule has 0 atom stereocenters. The number of amides is 2. The van der Waals surface area contributed by atoms with Gasteiger partial charge in [0.05, 0.1) is 18.8 Å². The monoisotopic (exact) mass is 484 g/mol. The lowest BCUT2D eigenvalue weighted by molar-refractivity contribution is 0.251. The van der Waals surface area contributed by atoms with Gasteiger partial charge in [-0.05, 0) is 63.8 Å². The minimum atomic E-state index is -0.0755. The molecule has 2 amide bonds. The summed E-state index contributed by atoms with van der Waals surface area (Å²) in [6, 6.07) is 36.0. The normalized spacial score (nSPS) is 10.6. The van der Waals surface area contributed by atoms with E-state index in [2.05, 4.69) is 15.9 Å². The van der Waals surface area contributed by atoms with Crippen LogP contribution in [0.4, 0.5) is 16.2 Å². The quantitative estimate of drug-likeness (QED) is 0.276. The standard InChI is InChI=1S/C28H25BrN2O/c1-22-17-18-27(26(29)19-22)31(21-24-13-7-3-8-14-24)28(32)30(25-15-9-4-10-16-25)20-23-11-5-2-6-12-23/h2-19H,20-21H2,1H3. The molecule has 4 aromatic carbocycles. The molecule has 0 saturated heterocycles. The zero-order valence-corrected chi connectivity index (χ0v) is 19.6. The Kier molecular flexibility index (Phi) is 7.03. The van der Waals surface area contributed by atoms with E-state index in [0.717, 1.165) is 32.5 Å². The number of halogens is 1. The number of rotatable bonds is 6. The molecule has 0 saturated carbocycles. The van der Waals surface area contributed by atoms with Crippen LogP contribution in [0.5, 0.6) is 0 Å². The Hall–Kier alpha value is -3.37. The first kappa shape index (κ1) is 21.8. The Morgan fingerprint density at radius 3 is 1.72 bits per heavy atom. The van der Waals surface area contributed by atoms with Crippen LogP contribution in [0, 0.1) is 6.92 Å². The Morgan fingerprint density at radius 2 is 1.19 bits per heavy atom. The fourth-order valence-electron chi connectivity index (χ4n) is 3.64. The molecular weight excluding hydrogens is 460 g/mol. The van der Waals surface area contributed by atoms with Gasteiger partial charge in [-0.3, -0.25) is 9.80 Å². The molecule has 0 fully saturated rings. The number of hydrogen-bond acceptors (Lipinski definition) is 1. The molecule has 0 unspecified atom stereocenters. The van der Waals surface area contributed by atoms with Crippen molar-refractivity contribution >= 4 is 33.3 Å². The van der Waals surface area contributed by atoms with Gasteiger partial charge in [0.25, 0.3) is 0 Å². The van der Waals surface area contributed by atoms with Gasteiger partial charge in [-0.1, -0.05) is 84.9 Å². The van der Waals surface area contributed by atoms with E-state index in [1.165, 1.54) is 0 Å². The Labute approximate surface area is 198 Å². The predicted octanol–water partition coefficient (Wildman–Crippen LogP) is 7.59. The number of carbonyl (C=O) groups is 1. The molecule has 160 valence electrons. The molecule has 32 heavy (non-hydrogen) atoms. The zero-order chi connectivity index (χ0) is 22.3. The van der Waals surface area contributed by atoms with E-state index in [4.69, 9.17) is 0 Å². The van der Waals surface area contributed by atoms with E-state index in [-0.39, 0.29) is 6.03 Å². The van der Waals surface area contributed by atoms with Crippen molar-refractivity contribution in [2.75, 3.05) is 9.80 Å². The van der Waals surface area contributed by atoms with Crippen LogP contribution in [-0.2, 0) is 13.1 Å². The number of carbonyl (C=O) groups excluding carboxylic acids is 1. The molecule has 0 spiro atoms. The first-order valence-corrected chi connectivity index (χ1v) is 11.4. The van der Waals surface area contributed by atoms with Crippen molar-refractivity contribution in [1.82, 2.24) is 0 Å².